The van der Waals surface area contributed by atoms with Gasteiger partial charge in [0.25, 0.3) is 0 Å². The lowest BCUT2D eigenvalue weighted by atomic mass is 10.1. The third kappa shape index (κ3) is 4.25. The van der Waals surface area contributed by atoms with Gasteiger partial charge in [0.1, 0.15) is 5.82 Å². The molecule has 0 spiro atoms. The van der Waals surface area contributed by atoms with E-state index in [1.54, 1.807) is 19.9 Å². The third-order valence-corrected chi connectivity index (χ3v) is 5.61. The van der Waals surface area contributed by atoms with Crippen molar-refractivity contribution in [3.05, 3.63) is 29.1 Å². The van der Waals surface area contributed by atoms with E-state index in [0.717, 1.165) is 13.0 Å². The average Bonchev–Trinajstić information content (AvgIpc) is 2.43. The van der Waals surface area contributed by atoms with E-state index >= 15 is 0 Å². The molecule has 0 unspecified atom stereocenters. The Labute approximate surface area is 127 Å². The Hall–Kier alpha value is -0.980. The molecule has 6 heteroatoms. The highest BCUT2D eigenvalue weighted by molar-refractivity contribution is 7.89. The minimum absolute atomic E-state index is 0.0690. The van der Waals surface area contributed by atoms with E-state index in [2.05, 4.69) is 5.32 Å². The van der Waals surface area contributed by atoms with Crippen molar-refractivity contribution in [3.8, 4) is 0 Å². The first-order chi connectivity index (χ1) is 9.88. The standard InChI is InChI=1S/C15H25FN2O2S/c1-5-8-17-11-13-9-14(16)12(4)15(10-13)21(19,20)18(6-2)7-3/h9-10,17H,5-8,11H2,1-4H3. The Balaban J connectivity index is 3.22. The first-order valence-electron chi connectivity index (χ1n) is 7.38. The summed E-state index contributed by atoms with van der Waals surface area (Å²) in [5.74, 6) is -0.475. The van der Waals surface area contributed by atoms with E-state index in [1.807, 2.05) is 6.92 Å². The van der Waals surface area contributed by atoms with Crippen LogP contribution in [-0.4, -0.2) is 32.4 Å². The Morgan fingerprint density at radius 2 is 1.81 bits per heavy atom. The summed E-state index contributed by atoms with van der Waals surface area (Å²) in [6.45, 7) is 9.13. The van der Waals surface area contributed by atoms with Crippen LogP contribution < -0.4 is 5.32 Å². The lowest BCUT2D eigenvalue weighted by molar-refractivity contribution is 0.443. The molecule has 1 aromatic rings. The van der Waals surface area contributed by atoms with Gasteiger partial charge < -0.3 is 5.32 Å². The summed E-state index contributed by atoms with van der Waals surface area (Å²) in [6.07, 6.45) is 0.971. The molecular formula is C15H25FN2O2S. The maximum atomic E-state index is 14.0. The molecule has 0 bridgehead atoms. The van der Waals surface area contributed by atoms with Crippen LogP contribution >= 0.6 is 0 Å². The number of sulfonamides is 1. The second-order valence-corrected chi connectivity index (χ2v) is 6.87. The van der Waals surface area contributed by atoms with Crippen molar-refractivity contribution in [2.45, 2.75) is 45.6 Å². The molecular weight excluding hydrogens is 291 g/mol. The SMILES string of the molecule is CCCNCc1cc(F)c(C)c(S(=O)(=O)N(CC)CC)c1. The summed E-state index contributed by atoms with van der Waals surface area (Å²) in [7, 11) is -3.64. The summed E-state index contributed by atoms with van der Waals surface area (Å²) in [5, 5.41) is 3.16. The zero-order chi connectivity index (χ0) is 16.0. The molecule has 0 saturated heterocycles. The van der Waals surface area contributed by atoms with Gasteiger partial charge in [0.15, 0.2) is 0 Å². The molecule has 120 valence electrons. The molecule has 1 N–H and O–H groups in total. The van der Waals surface area contributed by atoms with Crippen LogP contribution in [0.2, 0.25) is 0 Å². The van der Waals surface area contributed by atoms with Crippen LogP contribution in [0.1, 0.15) is 38.3 Å². The highest BCUT2D eigenvalue weighted by atomic mass is 32.2. The number of benzene rings is 1. The minimum atomic E-state index is -3.64. The molecule has 0 saturated carbocycles. The largest absolute Gasteiger partial charge is 0.313 e. The number of hydrogen-bond acceptors (Lipinski definition) is 3. The van der Waals surface area contributed by atoms with Crippen molar-refractivity contribution < 1.29 is 12.8 Å². The number of hydrogen-bond donors (Lipinski definition) is 1. The van der Waals surface area contributed by atoms with Gasteiger partial charge in [0.05, 0.1) is 4.90 Å². The molecule has 0 aliphatic heterocycles. The van der Waals surface area contributed by atoms with Crippen molar-refractivity contribution in [3.63, 3.8) is 0 Å². The summed E-state index contributed by atoms with van der Waals surface area (Å²) < 4.78 is 40.6. The van der Waals surface area contributed by atoms with Gasteiger partial charge in [-0.15, -0.1) is 0 Å². The van der Waals surface area contributed by atoms with Crippen LogP contribution in [0.15, 0.2) is 17.0 Å². The monoisotopic (exact) mass is 316 g/mol. The maximum Gasteiger partial charge on any atom is 0.243 e. The van der Waals surface area contributed by atoms with Crippen molar-refractivity contribution in [1.82, 2.24) is 9.62 Å². The van der Waals surface area contributed by atoms with Gasteiger partial charge >= 0.3 is 0 Å². The van der Waals surface area contributed by atoms with Crippen LogP contribution in [0.4, 0.5) is 4.39 Å². The van der Waals surface area contributed by atoms with Crippen molar-refractivity contribution >= 4 is 10.0 Å². The highest BCUT2D eigenvalue weighted by Crippen LogP contribution is 2.24. The van der Waals surface area contributed by atoms with Crippen LogP contribution in [0.5, 0.6) is 0 Å². The van der Waals surface area contributed by atoms with Crippen LogP contribution in [-0.2, 0) is 16.6 Å². The number of rotatable bonds is 8. The lowest BCUT2D eigenvalue weighted by Crippen LogP contribution is -2.31. The molecule has 21 heavy (non-hydrogen) atoms. The fourth-order valence-corrected chi connectivity index (χ4v) is 3.93. The van der Waals surface area contributed by atoms with E-state index in [1.165, 1.54) is 17.3 Å². The molecule has 0 aromatic heterocycles. The molecule has 4 nitrogen and oxygen atoms in total. The molecule has 0 amide bonds. The predicted molar refractivity (Wildman–Crippen MR) is 83.2 cm³/mol. The van der Waals surface area contributed by atoms with Crippen LogP contribution in [0, 0.1) is 12.7 Å². The minimum Gasteiger partial charge on any atom is -0.313 e. The van der Waals surface area contributed by atoms with E-state index < -0.39 is 15.8 Å². The molecule has 1 rings (SSSR count). The van der Waals surface area contributed by atoms with E-state index in [4.69, 9.17) is 0 Å². The Bertz CT molecular complexity index is 569. The highest BCUT2D eigenvalue weighted by Gasteiger charge is 2.25. The van der Waals surface area contributed by atoms with Gasteiger partial charge in [-0.1, -0.05) is 20.8 Å². The first kappa shape index (κ1) is 18.1. The van der Waals surface area contributed by atoms with E-state index in [-0.39, 0.29) is 10.5 Å². The molecule has 0 aliphatic carbocycles. The predicted octanol–water partition coefficient (Wildman–Crippen LogP) is 2.66. The molecule has 0 fully saturated rings. The second-order valence-electron chi connectivity index (χ2n) is 4.97. The quantitative estimate of drug-likeness (QED) is 0.750. The molecule has 0 heterocycles. The molecule has 0 atom stereocenters. The Kier molecular flexibility index (Phi) is 6.77. The smallest absolute Gasteiger partial charge is 0.243 e. The zero-order valence-corrected chi connectivity index (χ0v) is 14.1. The van der Waals surface area contributed by atoms with Crippen LogP contribution in [0.25, 0.3) is 0 Å². The number of halogens is 1. The topological polar surface area (TPSA) is 49.4 Å². The van der Waals surface area contributed by atoms with Gasteiger partial charge in [0, 0.05) is 25.2 Å². The van der Waals surface area contributed by atoms with Crippen molar-refractivity contribution in [1.29, 1.82) is 0 Å². The summed E-state index contributed by atoms with van der Waals surface area (Å²) in [4.78, 5) is 0.0690. The first-order valence-corrected chi connectivity index (χ1v) is 8.82. The van der Waals surface area contributed by atoms with E-state index in [0.29, 0.717) is 25.2 Å². The third-order valence-electron chi connectivity index (χ3n) is 3.44. The fraction of sp³-hybridized carbons (Fsp3) is 0.600. The lowest BCUT2D eigenvalue weighted by Gasteiger charge is -2.20. The van der Waals surface area contributed by atoms with Gasteiger partial charge in [-0.25, -0.2) is 12.8 Å². The Morgan fingerprint density at radius 1 is 1.19 bits per heavy atom. The number of nitrogens with zero attached hydrogens (tertiary/aromatic N) is 1. The van der Waals surface area contributed by atoms with Crippen molar-refractivity contribution in [2.75, 3.05) is 19.6 Å². The van der Waals surface area contributed by atoms with Gasteiger partial charge in [-0.2, -0.15) is 4.31 Å². The summed E-state index contributed by atoms with van der Waals surface area (Å²) in [5.41, 5.74) is 0.832. The Morgan fingerprint density at radius 3 is 2.33 bits per heavy atom. The van der Waals surface area contributed by atoms with Gasteiger partial charge in [-0.05, 0) is 37.6 Å². The molecule has 0 aliphatic rings. The average molecular weight is 316 g/mol. The second kappa shape index (κ2) is 7.87. The fourth-order valence-electron chi connectivity index (χ4n) is 2.19. The normalized spacial score (nSPS) is 12.1. The maximum absolute atomic E-state index is 14.0. The van der Waals surface area contributed by atoms with Crippen LogP contribution in [0.3, 0.4) is 0 Å². The summed E-state index contributed by atoms with van der Waals surface area (Å²) in [6, 6.07) is 2.98. The van der Waals surface area contributed by atoms with Gasteiger partial charge in [0.2, 0.25) is 10.0 Å². The zero-order valence-electron chi connectivity index (χ0n) is 13.2. The summed E-state index contributed by atoms with van der Waals surface area (Å²) >= 11 is 0. The molecule has 1 aromatic carbocycles. The molecule has 0 radical (unpaired) electrons. The number of nitrogens with one attached hydrogen (secondary N) is 1. The van der Waals surface area contributed by atoms with E-state index in [9.17, 15) is 12.8 Å². The van der Waals surface area contributed by atoms with Gasteiger partial charge in [-0.3, -0.25) is 0 Å². The van der Waals surface area contributed by atoms with Crippen molar-refractivity contribution in [2.24, 2.45) is 0 Å².